The standard InChI is InChI=1S/C16H21Cl2NO/c1-2-20-10-16-6-5-13(19-16)7-12(9-16)11-3-4-14(17)15(18)8-11/h3-4,8,12-13,19H,2,5-7,9-10H2,1H3/t12-,13-,16?/m0/s1. The minimum Gasteiger partial charge on any atom is -0.380 e. The van der Waals surface area contributed by atoms with E-state index >= 15 is 0 Å². The van der Waals surface area contributed by atoms with Gasteiger partial charge in [-0.25, -0.2) is 0 Å². The predicted molar refractivity (Wildman–Crippen MR) is 83.8 cm³/mol. The lowest BCUT2D eigenvalue weighted by atomic mass is 9.80. The molecule has 4 heteroatoms. The first-order chi connectivity index (χ1) is 9.62. The summed E-state index contributed by atoms with van der Waals surface area (Å²) >= 11 is 12.2. The van der Waals surface area contributed by atoms with Crippen LogP contribution in [0.15, 0.2) is 18.2 Å². The Bertz CT molecular complexity index is 493. The molecule has 0 aromatic heterocycles. The molecular weight excluding hydrogens is 293 g/mol. The van der Waals surface area contributed by atoms with Gasteiger partial charge in [-0.1, -0.05) is 29.3 Å². The lowest BCUT2D eigenvalue weighted by Gasteiger charge is -2.39. The number of piperidine rings is 1. The second kappa shape index (κ2) is 5.84. The second-order valence-corrected chi connectivity index (χ2v) is 6.92. The first-order valence-corrected chi connectivity index (χ1v) is 8.18. The summed E-state index contributed by atoms with van der Waals surface area (Å²) in [5.41, 5.74) is 1.48. The van der Waals surface area contributed by atoms with Gasteiger partial charge in [0.1, 0.15) is 0 Å². The van der Waals surface area contributed by atoms with Crippen LogP contribution in [-0.2, 0) is 4.74 Å². The Morgan fingerprint density at radius 3 is 2.95 bits per heavy atom. The van der Waals surface area contributed by atoms with Crippen LogP contribution in [0.4, 0.5) is 0 Å². The smallest absolute Gasteiger partial charge is 0.0648 e. The van der Waals surface area contributed by atoms with Crippen molar-refractivity contribution in [3.05, 3.63) is 33.8 Å². The largest absolute Gasteiger partial charge is 0.380 e. The third kappa shape index (κ3) is 2.85. The number of hydrogen-bond donors (Lipinski definition) is 1. The molecule has 110 valence electrons. The van der Waals surface area contributed by atoms with E-state index in [0.29, 0.717) is 22.0 Å². The monoisotopic (exact) mass is 313 g/mol. The van der Waals surface area contributed by atoms with Crippen LogP contribution in [0.5, 0.6) is 0 Å². The van der Waals surface area contributed by atoms with Gasteiger partial charge >= 0.3 is 0 Å². The van der Waals surface area contributed by atoms with E-state index in [0.717, 1.165) is 19.6 Å². The van der Waals surface area contributed by atoms with E-state index in [2.05, 4.69) is 18.3 Å². The average molecular weight is 314 g/mol. The van der Waals surface area contributed by atoms with Crippen molar-refractivity contribution in [1.82, 2.24) is 5.32 Å². The number of fused-ring (bicyclic) bond motifs is 2. The highest BCUT2D eigenvalue weighted by molar-refractivity contribution is 6.42. The van der Waals surface area contributed by atoms with Crippen molar-refractivity contribution in [3.8, 4) is 0 Å². The molecule has 1 aromatic rings. The molecule has 3 rings (SSSR count). The fourth-order valence-corrected chi connectivity index (χ4v) is 4.06. The maximum Gasteiger partial charge on any atom is 0.0648 e. The highest BCUT2D eigenvalue weighted by atomic mass is 35.5. The number of nitrogens with one attached hydrogen (secondary N) is 1. The van der Waals surface area contributed by atoms with Crippen LogP contribution in [0, 0.1) is 0 Å². The third-order valence-electron chi connectivity index (χ3n) is 4.69. The lowest BCUT2D eigenvalue weighted by Crippen LogP contribution is -2.51. The van der Waals surface area contributed by atoms with E-state index in [4.69, 9.17) is 27.9 Å². The van der Waals surface area contributed by atoms with Gasteiger partial charge in [-0.05, 0) is 56.2 Å². The molecule has 2 nitrogen and oxygen atoms in total. The molecule has 0 aliphatic carbocycles. The van der Waals surface area contributed by atoms with Gasteiger partial charge in [0, 0.05) is 18.2 Å². The Kier molecular flexibility index (Phi) is 4.28. The molecule has 20 heavy (non-hydrogen) atoms. The van der Waals surface area contributed by atoms with E-state index < -0.39 is 0 Å². The molecule has 0 radical (unpaired) electrons. The number of rotatable bonds is 4. The fraction of sp³-hybridized carbons (Fsp3) is 0.625. The average Bonchev–Trinajstić information content (AvgIpc) is 2.75. The highest BCUT2D eigenvalue weighted by Crippen LogP contribution is 2.44. The summed E-state index contributed by atoms with van der Waals surface area (Å²) in [6.07, 6.45) is 4.79. The van der Waals surface area contributed by atoms with E-state index in [-0.39, 0.29) is 5.54 Å². The minimum absolute atomic E-state index is 0.162. The van der Waals surface area contributed by atoms with Crippen LogP contribution in [0.1, 0.15) is 44.1 Å². The molecule has 1 unspecified atom stereocenters. The Balaban J connectivity index is 1.79. The Morgan fingerprint density at radius 2 is 2.20 bits per heavy atom. The van der Waals surface area contributed by atoms with Gasteiger partial charge in [0.25, 0.3) is 0 Å². The van der Waals surface area contributed by atoms with Gasteiger partial charge in [0.05, 0.1) is 16.7 Å². The molecule has 0 spiro atoms. The summed E-state index contributed by atoms with van der Waals surface area (Å²) in [6, 6.07) is 6.69. The molecule has 2 fully saturated rings. The maximum atomic E-state index is 6.17. The van der Waals surface area contributed by atoms with Crippen LogP contribution in [0.2, 0.25) is 10.0 Å². The van der Waals surface area contributed by atoms with Gasteiger partial charge in [-0.2, -0.15) is 0 Å². The molecule has 0 saturated carbocycles. The molecular formula is C16H21Cl2NO. The zero-order chi connectivity index (χ0) is 14.2. The molecule has 2 aliphatic rings. The van der Waals surface area contributed by atoms with E-state index in [9.17, 15) is 0 Å². The van der Waals surface area contributed by atoms with Crippen molar-refractivity contribution in [2.75, 3.05) is 13.2 Å². The molecule has 1 aromatic carbocycles. The number of benzene rings is 1. The molecule has 1 N–H and O–H groups in total. The van der Waals surface area contributed by atoms with Crippen LogP contribution < -0.4 is 5.32 Å². The van der Waals surface area contributed by atoms with Gasteiger partial charge in [0.2, 0.25) is 0 Å². The third-order valence-corrected chi connectivity index (χ3v) is 5.42. The number of halogens is 2. The normalized spacial score (nSPS) is 32.5. The van der Waals surface area contributed by atoms with Crippen molar-refractivity contribution in [1.29, 1.82) is 0 Å². The van der Waals surface area contributed by atoms with Crippen LogP contribution in [0.25, 0.3) is 0 Å². The van der Waals surface area contributed by atoms with Crippen LogP contribution in [0.3, 0.4) is 0 Å². The van der Waals surface area contributed by atoms with Crippen LogP contribution >= 0.6 is 23.2 Å². The Hall–Kier alpha value is -0.280. The van der Waals surface area contributed by atoms with E-state index in [1.165, 1.54) is 24.8 Å². The van der Waals surface area contributed by atoms with Crippen molar-refractivity contribution in [2.24, 2.45) is 0 Å². The molecule has 2 bridgehead atoms. The molecule has 0 amide bonds. The summed E-state index contributed by atoms with van der Waals surface area (Å²) in [4.78, 5) is 0. The first-order valence-electron chi connectivity index (χ1n) is 7.42. The zero-order valence-corrected chi connectivity index (χ0v) is 13.3. The van der Waals surface area contributed by atoms with Gasteiger partial charge in [0.15, 0.2) is 0 Å². The molecule has 3 atom stereocenters. The fourth-order valence-electron chi connectivity index (χ4n) is 3.75. The molecule has 2 aliphatic heterocycles. The summed E-state index contributed by atoms with van der Waals surface area (Å²) in [6.45, 7) is 3.66. The second-order valence-electron chi connectivity index (χ2n) is 6.11. The topological polar surface area (TPSA) is 21.3 Å². The van der Waals surface area contributed by atoms with Crippen molar-refractivity contribution in [2.45, 2.75) is 50.1 Å². The number of hydrogen-bond acceptors (Lipinski definition) is 2. The Morgan fingerprint density at radius 1 is 1.35 bits per heavy atom. The number of ether oxygens (including phenoxy) is 1. The maximum absolute atomic E-state index is 6.17. The predicted octanol–water partition coefficient (Wildman–Crippen LogP) is 4.40. The summed E-state index contributed by atoms with van der Waals surface area (Å²) in [7, 11) is 0. The summed E-state index contributed by atoms with van der Waals surface area (Å²) in [5.74, 6) is 0.555. The quantitative estimate of drug-likeness (QED) is 0.889. The van der Waals surface area contributed by atoms with Crippen molar-refractivity contribution in [3.63, 3.8) is 0 Å². The summed E-state index contributed by atoms with van der Waals surface area (Å²) < 4.78 is 5.71. The zero-order valence-electron chi connectivity index (χ0n) is 11.8. The molecule has 2 saturated heterocycles. The highest BCUT2D eigenvalue weighted by Gasteiger charge is 2.45. The SMILES string of the molecule is CCOCC12CC[C@@H](C[C@H](c3ccc(Cl)c(Cl)c3)C1)N2. The van der Waals surface area contributed by atoms with Gasteiger partial charge in [-0.3, -0.25) is 0 Å². The summed E-state index contributed by atoms with van der Waals surface area (Å²) in [5, 5.41) is 5.08. The van der Waals surface area contributed by atoms with E-state index in [1.54, 1.807) is 0 Å². The van der Waals surface area contributed by atoms with Crippen LogP contribution in [-0.4, -0.2) is 24.8 Å². The Labute approximate surface area is 130 Å². The molecule has 2 heterocycles. The van der Waals surface area contributed by atoms with Gasteiger partial charge < -0.3 is 10.1 Å². The van der Waals surface area contributed by atoms with Crippen molar-refractivity contribution < 1.29 is 4.74 Å². The lowest BCUT2D eigenvalue weighted by molar-refractivity contribution is 0.0654. The van der Waals surface area contributed by atoms with E-state index in [1.807, 2.05) is 12.1 Å². The first kappa shape index (κ1) is 14.6. The minimum atomic E-state index is 0.162. The van der Waals surface area contributed by atoms with Gasteiger partial charge in [-0.15, -0.1) is 0 Å². The van der Waals surface area contributed by atoms with Crippen molar-refractivity contribution >= 4 is 23.2 Å².